The largest absolute Gasteiger partial charge is 0.357 e. The molecular weight excluding hydrogens is 435 g/mol. The van der Waals surface area contributed by atoms with Crippen molar-refractivity contribution in [1.82, 2.24) is 15.2 Å². The average Bonchev–Trinajstić information content (AvgIpc) is 2.97. The summed E-state index contributed by atoms with van der Waals surface area (Å²) in [5, 5.41) is 6.45. The third kappa shape index (κ3) is 7.48. The van der Waals surface area contributed by atoms with E-state index in [1.54, 1.807) is 7.05 Å². The highest BCUT2D eigenvalue weighted by molar-refractivity contribution is 14.0. The zero-order valence-corrected chi connectivity index (χ0v) is 17.2. The SMILES string of the molecule is CN=C(NCCS(=O)Cc1ccccc1)NCc1ccn(C)c1.I. The first-order valence-corrected chi connectivity index (χ1v) is 9.10. The van der Waals surface area contributed by atoms with E-state index in [1.165, 1.54) is 5.56 Å². The van der Waals surface area contributed by atoms with Crippen molar-refractivity contribution >= 4 is 40.7 Å². The van der Waals surface area contributed by atoms with Gasteiger partial charge in [-0.05, 0) is 17.2 Å². The third-order valence-electron chi connectivity index (χ3n) is 3.37. The van der Waals surface area contributed by atoms with Gasteiger partial charge in [-0.3, -0.25) is 9.20 Å². The molecule has 0 saturated heterocycles. The van der Waals surface area contributed by atoms with E-state index in [4.69, 9.17) is 0 Å². The van der Waals surface area contributed by atoms with E-state index in [2.05, 4.69) is 27.9 Å². The molecular formula is C17H25IN4OS. The molecule has 2 rings (SSSR count). The van der Waals surface area contributed by atoms with Crippen LogP contribution in [0.4, 0.5) is 0 Å². The molecule has 0 saturated carbocycles. The van der Waals surface area contributed by atoms with Crippen LogP contribution in [0.15, 0.2) is 53.8 Å². The average molecular weight is 460 g/mol. The number of nitrogens with one attached hydrogen (secondary N) is 2. The third-order valence-corrected chi connectivity index (χ3v) is 4.68. The number of hydrogen-bond donors (Lipinski definition) is 2. The van der Waals surface area contributed by atoms with Crippen LogP contribution in [0.3, 0.4) is 0 Å². The number of aliphatic imine (C=N–C) groups is 1. The zero-order chi connectivity index (χ0) is 16.5. The fourth-order valence-electron chi connectivity index (χ4n) is 2.19. The lowest BCUT2D eigenvalue weighted by Crippen LogP contribution is -2.38. The Kier molecular flexibility index (Phi) is 9.70. The Morgan fingerprint density at radius 3 is 2.54 bits per heavy atom. The summed E-state index contributed by atoms with van der Waals surface area (Å²) in [7, 11) is 2.86. The molecule has 1 aromatic carbocycles. The second-order valence-corrected chi connectivity index (χ2v) is 6.89. The summed E-state index contributed by atoms with van der Waals surface area (Å²) in [6.07, 6.45) is 4.08. The Morgan fingerprint density at radius 1 is 1.17 bits per heavy atom. The molecule has 0 spiro atoms. The zero-order valence-electron chi connectivity index (χ0n) is 14.1. The van der Waals surface area contributed by atoms with E-state index in [1.807, 2.05) is 48.1 Å². The van der Waals surface area contributed by atoms with Crippen LogP contribution in [0, 0.1) is 0 Å². The van der Waals surface area contributed by atoms with Crippen LogP contribution >= 0.6 is 24.0 Å². The van der Waals surface area contributed by atoms with Crippen LogP contribution in [-0.2, 0) is 30.1 Å². The summed E-state index contributed by atoms with van der Waals surface area (Å²) in [5.74, 6) is 1.92. The van der Waals surface area contributed by atoms with Crippen molar-refractivity contribution in [2.75, 3.05) is 19.3 Å². The number of guanidine groups is 1. The van der Waals surface area contributed by atoms with Gasteiger partial charge in [0.15, 0.2) is 5.96 Å². The number of halogens is 1. The second kappa shape index (κ2) is 11.2. The van der Waals surface area contributed by atoms with Gasteiger partial charge in [-0.1, -0.05) is 30.3 Å². The van der Waals surface area contributed by atoms with Gasteiger partial charge < -0.3 is 15.2 Å². The van der Waals surface area contributed by atoms with Crippen molar-refractivity contribution in [2.24, 2.45) is 12.0 Å². The Hall–Kier alpha value is -1.35. The molecule has 2 N–H and O–H groups in total. The van der Waals surface area contributed by atoms with Gasteiger partial charge in [-0.25, -0.2) is 0 Å². The summed E-state index contributed by atoms with van der Waals surface area (Å²) in [5.41, 5.74) is 2.31. The molecule has 0 radical (unpaired) electrons. The molecule has 5 nitrogen and oxygen atoms in total. The molecule has 7 heteroatoms. The number of aryl methyl sites for hydroxylation is 1. The van der Waals surface area contributed by atoms with Gasteiger partial charge in [0.25, 0.3) is 0 Å². The van der Waals surface area contributed by atoms with E-state index in [0.717, 1.165) is 11.5 Å². The molecule has 0 aliphatic heterocycles. The minimum absolute atomic E-state index is 0. The normalized spacial score (nSPS) is 12.3. The van der Waals surface area contributed by atoms with Crippen molar-refractivity contribution in [2.45, 2.75) is 12.3 Å². The summed E-state index contributed by atoms with van der Waals surface area (Å²) in [6.45, 7) is 1.35. The van der Waals surface area contributed by atoms with E-state index in [-0.39, 0.29) is 24.0 Å². The van der Waals surface area contributed by atoms with Crippen LogP contribution in [-0.4, -0.2) is 34.1 Å². The standard InChI is InChI=1S/C17H24N4OS.HI/c1-18-17(20-12-16-8-10-21(2)13-16)19-9-11-23(22)14-15-6-4-3-5-7-15;/h3-8,10,13H,9,11-12,14H2,1-2H3,(H2,18,19,20);1H. The van der Waals surface area contributed by atoms with Gasteiger partial charge in [0.1, 0.15) is 0 Å². The van der Waals surface area contributed by atoms with Gasteiger partial charge in [0.05, 0.1) is 0 Å². The number of rotatable bonds is 7. The van der Waals surface area contributed by atoms with Gasteiger partial charge in [0.2, 0.25) is 0 Å². The minimum atomic E-state index is -0.875. The van der Waals surface area contributed by atoms with Crippen LogP contribution in [0.25, 0.3) is 0 Å². The van der Waals surface area contributed by atoms with Crippen molar-refractivity contribution in [3.05, 3.63) is 59.9 Å². The summed E-state index contributed by atoms with van der Waals surface area (Å²) < 4.78 is 14.1. The van der Waals surface area contributed by atoms with Crippen LogP contribution in [0.5, 0.6) is 0 Å². The van der Waals surface area contributed by atoms with Crippen LogP contribution in [0.2, 0.25) is 0 Å². The Balaban J connectivity index is 0.00000288. The lowest BCUT2D eigenvalue weighted by atomic mass is 10.2. The Bertz CT molecular complexity index is 658. The van der Waals surface area contributed by atoms with Gasteiger partial charge in [-0.15, -0.1) is 24.0 Å². The fourth-order valence-corrected chi connectivity index (χ4v) is 3.23. The molecule has 0 aliphatic rings. The quantitative estimate of drug-likeness (QED) is 0.379. The Labute approximate surface area is 163 Å². The van der Waals surface area contributed by atoms with Gasteiger partial charge in [0, 0.05) is 61.9 Å². The molecule has 132 valence electrons. The molecule has 1 unspecified atom stereocenters. The molecule has 0 fully saturated rings. The van der Waals surface area contributed by atoms with E-state index < -0.39 is 10.8 Å². The lowest BCUT2D eigenvalue weighted by Gasteiger charge is -2.11. The molecule has 0 amide bonds. The van der Waals surface area contributed by atoms with Gasteiger partial charge in [-0.2, -0.15) is 0 Å². The fraction of sp³-hybridized carbons (Fsp3) is 0.353. The maximum absolute atomic E-state index is 12.1. The highest BCUT2D eigenvalue weighted by Crippen LogP contribution is 2.02. The molecule has 2 aromatic rings. The minimum Gasteiger partial charge on any atom is -0.357 e. The summed E-state index contributed by atoms with van der Waals surface area (Å²) in [4.78, 5) is 4.18. The van der Waals surface area contributed by atoms with Crippen LogP contribution < -0.4 is 10.6 Å². The number of aromatic nitrogens is 1. The van der Waals surface area contributed by atoms with Crippen molar-refractivity contribution in [3.8, 4) is 0 Å². The predicted octanol–water partition coefficient (Wildman–Crippen LogP) is 2.26. The van der Waals surface area contributed by atoms with E-state index >= 15 is 0 Å². The van der Waals surface area contributed by atoms with Gasteiger partial charge >= 0.3 is 0 Å². The molecule has 1 aromatic heterocycles. The molecule has 1 heterocycles. The first kappa shape index (κ1) is 20.7. The lowest BCUT2D eigenvalue weighted by molar-refractivity contribution is 0.680. The highest BCUT2D eigenvalue weighted by Gasteiger charge is 2.03. The highest BCUT2D eigenvalue weighted by atomic mass is 127. The molecule has 0 bridgehead atoms. The van der Waals surface area contributed by atoms with E-state index in [0.29, 0.717) is 24.6 Å². The van der Waals surface area contributed by atoms with E-state index in [9.17, 15) is 4.21 Å². The number of nitrogens with zero attached hydrogens (tertiary/aromatic N) is 2. The number of benzene rings is 1. The molecule has 1 atom stereocenters. The maximum Gasteiger partial charge on any atom is 0.191 e. The monoisotopic (exact) mass is 460 g/mol. The predicted molar refractivity (Wildman–Crippen MR) is 112 cm³/mol. The summed E-state index contributed by atoms with van der Waals surface area (Å²) in [6, 6.07) is 12.0. The van der Waals surface area contributed by atoms with Crippen molar-refractivity contribution in [3.63, 3.8) is 0 Å². The topological polar surface area (TPSA) is 58.4 Å². The van der Waals surface area contributed by atoms with Crippen molar-refractivity contribution in [1.29, 1.82) is 0 Å². The first-order valence-electron chi connectivity index (χ1n) is 7.61. The van der Waals surface area contributed by atoms with Crippen LogP contribution in [0.1, 0.15) is 11.1 Å². The molecule has 0 aliphatic carbocycles. The smallest absolute Gasteiger partial charge is 0.191 e. The first-order chi connectivity index (χ1) is 11.2. The van der Waals surface area contributed by atoms with Crippen molar-refractivity contribution < 1.29 is 4.21 Å². The number of hydrogen-bond acceptors (Lipinski definition) is 2. The second-order valence-electron chi connectivity index (χ2n) is 5.31. The molecule has 24 heavy (non-hydrogen) atoms. The summed E-state index contributed by atoms with van der Waals surface area (Å²) >= 11 is 0. The Morgan fingerprint density at radius 2 is 1.92 bits per heavy atom. The maximum atomic E-state index is 12.1.